The number of methoxy groups -OCH3 is 1. The summed E-state index contributed by atoms with van der Waals surface area (Å²) in [5.41, 5.74) is 1.71. The van der Waals surface area contributed by atoms with Crippen LogP contribution < -0.4 is 14.4 Å². The topological polar surface area (TPSA) is 47.5 Å². The molecule has 0 fully saturated rings. The quantitative estimate of drug-likeness (QED) is 0.791. The van der Waals surface area contributed by atoms with Crippen molar-refractivity contribution in [1.82, 2.24) is 10.2 Å². The lowest BCUT2D eigenvalue weighted by Crippen LogP contribution is -2.16. The van der Waals surface area contributed by atoms with Crippen LogP contribution in [0.25, 0.3) is 0 Å². The van der Waals surface area contributed by atoms with Crippen LogP contribution in [-0.2, 0) is 0 Å². The van der Waals surface area contributed by atoms with Crippen LogP contribution in [0.15, 0.2) is 24.3 Å². The predicted octanol–water partition coefficient (Wildman–Crippen LogP) is 3.01. The SMILES string of the molecule is COc1ccc2c(c1)Oc1nnc(Cl)cc1N2C. The van der Waals surface area contributed by atoms with E-state index in [1.54, 1.807) is 13.2 Å². The number of halogens is 1. The molecule has 6 heteroatoms. The van der Waals surface area contributed by atoms with Gasteiger partial charge in [-0.25, -0.2) is 0 Å². The van der Waals surface area contributed by atoms with Crippen LogP contribution in [0.4, 0.5) is 11.4 Å². The molecular weight excluding hydrogens is 254 g/mol. The second-order valence-corrected chi connectivity index (χ2v) is 4.24. The van der Waals surface area contributed by atoms with E-state index >= 15 is 0 Å². The maximum atomic E-state index is 5.84. The molecule has 3 rings (SSSR count). The Kier molecular flexibility index (Phi) is 2.48. The Morgan fingerprint density at radius 1 is 1.22 bits per heavy atom. The maximum Gasteiger partial charge on any atom is 0.263 e. The molecule has 2 heterocycles. The Morgan fingerprint density at radius 2 is 2.06 bits per heavy atom. The van der Waals surface area contributed by atoms with E-state index in [1.165, 1.54) is 0 Å². The molecule has 0 N–H and O–H groups in total. The third-order valence-electron chi connectivity index (χ3n) is 2.81. The maximum absolute atomic E-state index is 5.84. The van der Waals surface area contributed by atoms with Gasteiger partial charge in [0.15, 0.2) is 10.9 Å². The molecule has 5 nitrogen and oxygen atoms in total. The van der Waals surface area contributed by atoms with Gasteiger partial charge in [0.05, 0.1) is 12.8 Å². The predicted molar refractivity (Wildman–Crippen MR) is 68.2 cm³/mol. The highest BCUT2D eigenvalue weighted by atomic mass is 35.5. The van der Waals surface area contributed by atoms with Gasteiger partial charge in [-0.1, -0.05) is 11.6 Å². The fraction of sp³-hybridized carbons (Fsp3) is 0.167. The van der Waals surface area contributed by atoms with Crippen molar-refractivity contribution in [2.45, 2.75) is 0 Å². The number of aromatic nitrogens is 2. The fourth-order valence-corrected chi connectivity index (χ4v) is 2.02. The molecule has 1 aliphatic rings. The Morgan fingerprint density at radius 3 is 2.83 bits per heavy atom. The second kappa shape index (κ2) is 4.03. The summed E-state index contributed by atoms with van der Waals surface area (Å²) in [6.45, 7) is 0. The van der Waals surface area contributed by atoms with E-state index in [-0.39, 0.29) is 0 Å². The third-order valence-corrected chi connectivity index (χ3v) is 2.99. The summed E-state index contributed by atoms with van der Waals surface area (Å²) in [7, 11) is 3.53. The summed E-state index contributed by atoms with van der Waals surface area (Å²) in [5.74, 6) is 1.84. The average Bonchev–Trinajstić information content (AvgIpc) is 2.39. The first-order valence-corrected chi connectivity index (χ1v) is 5.69. The van der Waals surface area contributed by atoms with Crippen molar-refractivity contribution in [2.75, 3.05) is 19.1 Å². The molecule has 0 saturated heterocycles. The minimum atomic E-state index is 0.334. The molecule has 0 spiro atoms. The van der Waals surface area contributed by atoms with Crippen molar-refractivity contribution in [1.29, 1.82) is 0 Å². The van der Waals surface area contributed by atoms with E-state index in [9.17, 15) is 0 Å². The van der Waals surface area contributed by atoms with Crippen LogP contribution in [0, 0.1) is 0 Å². The van der Waals surface area contributed by atoms with Crippen LogP contribution in [0.1, 0.15) is 0 Å². The lowest BCUT2D eigenvalue weighted by molar-refractivity contribution is 0.405. The van der Waals surface area contributed by atoms with Gasteiger partial charge in [0.2, 0.25) is 0 Å². The molecule has 2 aromatic rings. The van der Waals surface area contributed by atoms with Crippen LogP contribution >= 0.6 is 11.6 Å². The minimum Gasteiger partial charge on any atom is -0.497 e. The zero-order valence-electron chi connectivity index (χ0n) is 9.85. The molecule has 0 atom stereocenters. The first-order valence-electron chi connectivity index (χ1n) is 5.32. The van der Waals surface area contributed by atoms with Crippen LogP contribution in [-0.4, -0.2) is 24.4 Å². The lowest BCUT2D eigenvalue weighted by atomic mass is 10.2. The van der Waals surface area contributed by atoms with Crippen LogP contribution in [0.5, 0.6) is 17.4 Å². The van der Waals surface area contributed by atoms with Crippen molar-refractivity contribution < 1.29 is 9.47 Å². The molecule has 0 bridgehead atoms. The van der Waals surface area contributed by atoms with Gasteiger partial charge in [-0.3, -0.25) is 0 Å². The van der Waals surface area contributed by atoms with Crippen molar-refractivity contribution >= 4 is 23.0 Å². The smallest absolute Gasteiger partial charge is 0.263 e. The summed E-state index contributed by atoms with van der Waals surface area (Å²) in [4.78, 5) is 1.95. The van der Waals surface area contributed by atoms with Crippen LogP contribution in [0.2, 0.25) is 5.15 Å². The highest BCUT2D eigenvalue weighted by Crippen LogP contribution is 2.45. The second-order valence-electron chi connectivity index (χ2n) is 3.85. The minimum absolute atomic E-state index is 0.334. The highest BCUT2D eigenvalue weighted by molar-refractivity contribution is 6.29. The summed E-state index contributed by atoms with van der Waals surface area (Å²) in [6.07, 6.45) is 0. The van der Waals surface area contributed by atoms with E-state index in [0.29, 0.717) is 16.8 Å². The van der Waals surface area contributed by atoms with Crippen molar-refractivity contribution in [3.63, 3.8) is 0 Å². The Bertz CT molecular complexity index is 618. The summed E-state index contributed by atoms with van der Waals surface area (Å²) >= 11 is 5.84. The number of nitrogens with zero attached hydrogens (tertiary/aromatic N) is 3. The first-order chi connectivity index (χ1) is 8.69. The normalized spacial score (nSPS) is 12.5. The molecule has 0 unspecified atom stereocenters. The number of benzene rings is 1. The van der Waals surface area contributed by atoms with Crippen molar-refractivity contribution in [2.24, 2.45) is 0 Å². The van der Waals surface area contributed by atoms with Gasteiger partial charge in [-0.2, -0.15) is 0 Å². The molecule has 18 heavy (non-hydrogen) atoms. The van der Waals surface area contributed by atoms with E-state index in [1.807, 2.05) is 30.1 Å². The van der Waals surface area contributed by atoms with Gasteiger partial charge in [0.1, 0.15) is 11.4 Å². The largest absolute Gasteiger partial charge is 0.497 e. The number of hydrogen-bond acceptors (Lipinski definition) is 5. The number of rotatable bonds is 1. The summed E-state index contributed by atoms with van der Waals surface area (Å²) in [5, 5.41) is 8.05. The Hall–Kier alpha value is -2.01. The zero-order valence-corrected chi connectivity index (χ0v) is 10.6. The molecule has 0 amide bonds. The number of anilines is 2. The molecule has 1 aliphatic heterocycles. The molecular formula is C12H10ClN3O2. The summed E-state index contributed by atoms with van der Waals surface area (Å²) < 4.78 is 10.9. The van der Waals surface area contributed by atoms with Gasteiger partial charge < -0.3 is 14.4 Å². The first kappa shape index (κ1) is 11.1. The van der Waals surface area contributed by atoms with Gasteiger partial charge in [-0.05, 0) is 12.1 Å². The standard InChI is InChI=1S/C12H10ClN3O2/c1-16-8-4-3-7(17-2)5-10(8)18-12-9(16)6-11(13)14-15-12/h3-6H,1-2H3. The monoisotopic (exact) mass is 263 g/mol. The Labute approximate surface area is 109 Å². The van der Waals surface area contributed by atoms with E-state index < -0.39 is 0 Å². The molecule has 1 aromatic heterocycles. The van der Waals surface area contributed by atoms with E-state index in [2.05, 4.69) is 10.2 Å². The average molecular weight is 264 g/mol. The van der Waals surface area contributed by atoms with E-state index in [4.69, 9.17) is 21.1 Å². The molecule has 0 radical (unpaired) electrons. The van der Waals surface area contributed by atoms with Gasteiger partial charge in [0.25, 0.3) is 5.88 Å². The fourth-order valence-electron chi connectivity index (χ4n) is 1.88. The molecule has 0 saturated carbocycles. The Balaban J connectivity index is 2.12. The van der Waals surface area contributed by atoms with Gasteiger partial charge >= 0.3 is 0 Å². The van der Waals surface area contributed by atoms with Crippen molar-refractivity contribution in [3.05, 3.63) is 29.4 Å². The van der Waals surface area contributed by atoms with Gasteiger partial charge in [0, 0.05) is 19.2 Å². The molecule has 92 valence electrons. The van der Waals surface area contributed by atoms with E-state index in [0.717, 1.165) is 17.1 Å². The number of fused-ring (bicyclic) bond motifs is 2. The highest BCUT2D eigenvalue weighted by Gasteiger charge is 2.24. The third kappa shape index (κ3) is 1.64. The number of hydrogen-bond donors (Lipinski definition) is 0. The zero-order chi connectivity index (χ0) is 12.7. The lowest BCUT2D eigenvalue weighted by Gasteiger charge is -2.28. The van der Waals surface area contributed by atoms with Crippen molar-refractivity contribution in [3.8, 4) is 17.4 Å². The van der Waals surface area contributed by atoms with Crippen LogP contribution in [0.3, 0.4) is 0 Å². The summed E-state index contributed by atoms with van der Waals surface area (Å²) in [6, 6.07) is 7.33. The molecule has 0 aliphatic carbocycles. The molecule has 1 aromatic carbocycles. The number of ether oxygens (including phenoxy) is 2. The van der Waals surface area contributed by atoms with Gasteiger partial charge in [-0.15, -0.1) is 10.2 Å².